The Morgan fingerprint density at radius 2 is 1.83 bits per heavy atom. The van der Waals surface area contributed by atoms with Crippen molar-refractivity contribution in [2.75, 3.05) is 25.0 Å². The molecule has 3 aromatic rings. The molecule has 1 saturated carbocycles. The monoisotopic (exact) mass is 586 g/mol. The van der Waals surface area contributed by atoms with Crippen LogP contribution >= 0.6 is 22.6 Å². The van der Waals surface area contributed by atoms with Crippen molar-refractivity contribution in [3.8, 4) is 0 Å². The molecule has 35 heavy (non-hydrogen) atoms. The highest BCUT2D eigenvalue weighted by molar-refractivity contribution is 14.1. The maximum Gasteiger partial charge on any atom is 0.239 e. The highest BCUT2D eigenvalue weighted by Crippen LogP contribution is 2.36. The molecular weight excluding hydrogens is 555 g/mol. The third-order valence-corrected chi connectivity index (χ3v) is 7.93. The number of carbonyl (C=O) groups is 2. The molecule has 1 aromatic heterocycles. The van der Waals surface area contributed by atoms with E-state index >= 15 is 0 Å². The first kappa shape index (κ1) is 24.1. The van der Waals surface area contributed by atoms with E-state index in [9.17, 15) is 9.59 Å². The number of carbonyl (C=O) groups excluding carboxylic acids is 2. The van der Waals surface area contributed by atoms with Crippen molar-refractivity contribution in [1.29, 1.82) is 0 Å². The zero-order valence-corrected chi connectivity index (χ0v) is 21.8. The Labute approximate surface area is 218 Å². The second-order valence-corrected chi connectivity index (χ2v) is 11.0. The Bertz CT molecular complexity index is 1200. The Morgan fingerprint density at radius 1 is 1.09 bits per heavy atom. The number of likely N-dealkylation sites (tertiary alicyclic amines) is 1. The van der Waals surface area contributed by atoms with Crippen molar-refractivity contribution in [2.24, 2.45) is 5.73 Å². The van der Waals surface area contributed by atoms with E-state index in [0.29, 0.717) is 24.2 Å². The summed E-state index contributed by atoms with van der Waals surface area (Å²) < 4.78 is 1.13. The number of hydrogen-bond donors (Lipinski definition) is 4. The number of hydrogen-bond acceptors (Lipinski definition) is 5. The van der Waals surface area contributed by atoms with Gasteiger partial charge in [-0.15, -0.1) is 0 Å². The third kappa shape index (κ3) is 5.78. The number of H-pyrrole nitrogens is 1. The van der Waals surface area contributed by atoms with Crippen molar-refractivity contribution in [1.82, 2.24) is 20.4 Å². The van der Waals surface area contributed by atoms with Gasteiger partial charge in [-0.25, -0.2) is 0 Å². The summed E-state index contributed by atoms with van der Waals surface area (Å²) in [5.41, 5.74) is 8.58. The van der Waals surface area contributed by atoms with Gasteiger partial charge in [0.15, 0.2) is 5.82 Å². The topological polar surface area (TPSA) is 116 Å². The number of rotatable bonds is 8. The number of aromatic nitrogens is 2. The summed E-state index contributed by atoms with van der Waals surface area (Å²) in [6, 6.07) is 15.3. The molecule has 5 N–H and O–H groups in total. The molecule has 2 heterocycles. The zero-order valence-electron chi connectivity index (χ0n) is 19.6. The molecule has 1 aliphatic carbocycles. The van der Waals surface area contributed by atoms with Gasteiger partial charge < -0.3 is 16.4 Å². The van der Waals surface area contributed by atoms with Crippen LogP contribution in [0.25, 0.3) is 10.9 Å². The molecule has 5 rings (SSSR count). The van der Waals surface area contributed by atoms with Gasteiger partial charge in [-0.05, 0) is 83.5 Å². The molecule has 2 amide bonds. The van der Waals surface area contributed by atoms with Crippen LogP contribution < -0.4 is 16.4 Å². The first-order valence-electron chi connectivity index (χ1n) is 12.2. The zero-order chi connectivity index (χ0) is 24.4. The van der Waals surface area contributed by atoms with E-state index in [0.717, 1.165) is 33.1 Å². The van der Waals surface area contributed by atoms with Crippen LogP contribution in [0, 0.1) is 3.57 Å². The van der Waals surface area contributed by atoms with Crippen LogP contribution in [0.2, 0.25) is 0 Å². The minimum absolute atomic E-state index is 0.0000753. The number of nitrogens with zero attached hydrogens (tertiary/aromatic N) is 2. The van der Waals surface area contributed by atoms with Gasteiger partial charge in [0, 0.05) is 28.1 Å². The van der Waals surface area contributed by atoms with Crippen molar-refractivity contribution < 1.29 is 9.59 Å². The fourth-order valence-corrected chi connectivity index (χ4v) is 5.84. The molecule has 2 fully saturated rings. The minimum atomic E-state index is -0.292. The summed E-state index contributed by atoms with van der Waals surface area (Å²) in [7, 11) is 0. The molecule has 0 unspecified atom stereocenters. The maximum absolute atomic E-state index is 12.5. The van der Waals surface area contributed by atoms with E-state index < -0.39 is 0 Å². The minimum Gasteiger partial charge on any atom is -0.369 e. The van der Waals surface area contributed by atoms with E-state index in [-0.39, 0.29) is 24.4 Å². The Morgan fingerprint density at radius 3 is 2.54 bits per heavy atom. The van der Waals surface area contributed by atoms with Crippen LogP contribution in [0.4, 0.5) is 5.82 Å². The predicted octanol–water partition coefficient (Wildman–Crippen LogP) is 3.13. The van der Waals surface area contributed by atoms with Crippen LogP contribution in [-0.2, 0) is 16.0 Å². The van der Waals surface area contributed by atoms with Crippen LogP contribution in [0.3, 0.4) is 0 Å². The number of nitrogens with one attached hydrogen (secondary N) is 3. The van der Waals surface area contributed by atoms with Crippen LogP contribution in [0.1, 0.15) is 42.7 Å². The summed E-state index contributed by atoms with van der Waals surface area (Å²) in [6.45, 7) is 2.06. The molecule has 0 bridgehead atoms. The summed E-state index contributed by atoms with van der Waals surface area (Å²) in [5, 5.41) is 14.6. The quantitative estimate of drug-likeness (QED) is 0.303. The third-order valence-electron chi connectivity index (χ3n) is 7.26. The normalized spacial score (nSPS) is 20.9. The van der Waals surface area contributed by atoms with E-state index in [2.05, 4.69) is 66.5 Å². The SMILES string of the molecule is NC(=O)Cc1ccc(C2CCC(N3CC(NC(=O)CNc4n[nH]c5ccc(I)cc45)C3)CC2)cc1. The molecule has 9 heteroatoms. The first-order valence-corrected chi connectivity index (χ1v) is 13.3. The highest BCUT2D eigenvalue weighted by Gasteiger charge is 2.35. The molecule has 2 aromatic carbocycles. The second kappa shape index (κ2) is 10.5. The molecule has 1 aliphatic heterocycles. The van der Waals surface area contributed by atoms with Crippen molar-refractivity contribution in [3.63, 3.8) is 0 Å². The van der Waals surface area contributed by atoms with Gasteiger partial charge in [-0.3, -0.25) is 19.6 Å². The summed E-state index contributed by atoms with van der Waals surface area (Å²) in [5.74, 6) is 1.00. The van der Waals surface area contributed by atoms with Gasteiger partial charge in [0.1, 0.15) is 0 Å². The largest absolute Gasteiger partial charge is 0.369 e. The van der Waals surface area contributed by atoms with Gasteiger partial charge in [-0.2, -0.15) is 5.10 Å². The number of halogens is 1. The fourth-order valence-electron chi connectivity index (χ4n) is 5.35. The molecule has 0 radical (unpaired) electrons. The van der Waals surface area contributed by atoms with Crippen LogP contribution in [-0.4, -0.2) is 58.6 Å². The number of fused-ring (bicyclic) bond motifs is 1. The lowest BCUT2D eigenvalue weighted by Gasteiger charge is -2.46. The molecule has 8 nitrogen and oxygen atoms in total. The highest BCUT2D eigenvalue weighted by atomic mass is 127. The number of benzene rings is 2. The lowest BCUT2D eigenvalue weighted by molar-refractivity contribution is -0.121. The van der Waals surface area contributed by atoms with E-state index in [4.69, 9.17) is 5.73 Å². The van der Waals surface area contributed by atoms with E-state index in [1.807, 2.05) is 24.3 Å². The number of aromatic amines is 1. The number of nitrogens with two attached hydrogens (primary N) is 1. The van der Waals surface area contributed by atoms with Crippen molar-refractivity contribution in [2.45, 2.75) is 50.1 Å². The molecule has 184 valence electrons. The molecule has 0 spiro atoms. The Kier molecular flexibility index (Phi) is 7.24. The first-order chi connectivity index (χ1) is 16.9. The summed E-state index contributed by atoms with van der Waals surface area (Å²) in [6.07, 6.45) is 5.01. The average molecular weight is 586 g/mol. The Hall–Kier alpha value is -2.66. The van der Waals surface area contributed by atoms with Gasteiger partial charge in [0.25, 0.3) is 0 Å². The lowest BCUT2D eigenvalue weighted by atomic mass is 9.80. The molecule has 1 saturated heterocycles. The molecular formula is C26H31IN6O2. The van der Waals surface area contributed by atoms with Gasteiger partial charge in [0.05, 0.1) is 24.5 Å². The van der Waals surface area contributed by atoms with Crippen LogP contribution in [0.15, 0.2) is 42.5 Å². The smallest absolute Gasteiger partial charge is 0.239 e. The van der Waals surface area contributed by atoms with Crippen LogP contribution in [0.5, 0.6) is 0 Å². The molecule has 2 aliphatic rings. The number of primary amides is 1. The van der Waals surface area contributed by atoms with Crippen molar-refractivity contribution in [3.05, 3.63) is 57.2 Å². The summed E-state index contributed by atoms with van der Waals surface area (Å²) in [4.78, 5) is 26.1. The number of anilines is 1. The molecule has 0 atom stereocenters. The maximum atomic E-state index is 12.5. The Balaban J connectivity index is 1.02. The average Bonchev–Trinajstić information content (AvgIpc) is 3.22. The van der Waals surface area contributed by atoms with Crippen molar-refractivity contribution >= 4 is 51.1 Å². The number of amides is 2. The summed E-state index contributed by atoms with van der Waals surface area (Å²) >= 11 is 2.27. The van der Waals surface area contributed by atoms with Gasteiger partial charge >= 0.3 is 0 Å². The van der Waals surface area contributed by atoms with Gasteiger partial charge in [0.2, 0.25) is 11.8 Å². The fraction of sp³-hybridized carbons (Fsp3) is 0.423. The van der Waals surface area contributed by atoms with Gasteiger partial charge in [-0.1, -0.05) is 24.3 Å². The van der Waals surface area contributed by atoms with E-state index in [1.165, 1.54) is 31.2 Å². The second-order valence-electron chi connectivity index (χ2n) is 9.72. The standard InChI is InChI=1S/C26H31IN6O2/c27-19-7-10-23-22(12-19)26(32-31-23)29-13-25(35)30-20-14-33(15-20)21-8-5-18(6-9-21)17-3-1-16(2-4-17)11-24(28)34/h1-4,7,10,12,18,20-21H,5-6,8-9,11,13-15H2,(H2,28,34)(H,30,35)(H2,29,31,32). The predicted molar refractivity (Wildman–Crippen MR) is 145 cm³/mol. The van der Waals surface area contributed by atoms with E-state index in [1.54, 1.807) is 0 Å². The lowest BCUT2D eigenvalue weighted by Crippen LogP contribution is -2.63.